The maximum atomic E-state index is 5.64. The lowest BCUT2D eigenvalue weighted by Gasteiger charge is -2.29. The Labute approximate surface area is 327 Å². The number of benzene rings is 5. The molecule has 0 saturated heterocycles. The Morgan fingerprint density at radius 1 is 0.566 bits per heavy atom. The van der Waals surface area contributed by atoms with Gasteiger partial charge in [-0.1, -0.05) is 151 Å². The van der Waals surface area contributed by atoms with E-state index in [9.17, 15) is 0 Å². The van der Waals surface area contributed by atoms with Gasteiger partial charge in [-0.15, -0.1) is 0 Å². The van der Waals surface area contributed by atoms with Gasteiger partial charge < -0.3 is 4.90 Å². The number of fused-ring (bicyclic) bond motifs is 1. The van der Waals surface area contributed by atoms with Gasteiger partial charge in [-0.05, 0) is 114 Å². The lowest BCUT2D eigenvalue weighted by atomic mass is 9.86. The molecule has 0 aliphatic heterocycles. The zero-order valence-corrected chi connectivity index (χ0v) is 35.8. The van der Waals surface area contributed by atoms with Crippen molar-refractivity contribution in [1.29, 1.82) is 0 Å². The molecule has 4 heteroatoms. The van der Waals surface area contributed by atoms with E-state index in [1.54, 1.807) is 0 Å². The van der Waals surface area contributed by atoms with Gasteiger partial charge in [-0.25, -0.2) is 4.98 Å². The first-order chi connectivity index (χ1) is 24.8. The molecule has 0 spiro atoms. The lowest BCUT2D eigenvalue weighted by Crippen LogP contribution is -2.15. The zero-order chi connectivity index (χ0) is 38.6. The van der Waals surface area contributed by atoms with Crippen LogP contribution in [0, 0.1) is 0 Å². The number of aromatic nitrogens is 2. The molecular formula is C49H58BrN3. The Morgan fingerprint density at radius 2 is 1.04 bits per heavy atom. The van der Waals surface area contributed by atoms with Crippen LogP contribution in [0.4, 0.5) is 17.1 Å². The Balaban J connectivity index is 1.68. The molecule has 0 saturated carbocycles. The maximum Gasteiger partial charge on any atom is 0.146 e. The SMILES string of the molecule is CC(C)c1cccc(C(C)C)c1-c1nc2c(C(C)(C)C)cccc2n1-c1cccc(N(c2ccc(C(C)(C)C)cc2)c2ccc(C(C)(C)C)cc2)c1Br. The highest BCUT2D eigenvalue weighted by atomic mass is 79.9. The highest BCUT2D eigenvalue weighted by Crippen LogP contribution is 2.46. The zero-order valence-electron chi connectivity index (χ0n) is 34.2. The summed E-state index contributed by atoms with van der Waals surface area (Å²) < 4.78 is 3.42. The van der Waals surface area contributed by atoms with Crippen LogP contribution in [0.1, 0.15) is 130 Å². The number of hydrogen-bond acceptors (Lipinski definition) is 2. The molecule has 0 bridgehead atoms. The molecule has 276 valence electrons. The molecule has 5 aromatic carbocycles. The fourth-order valence-electron chi connectivity index (χ4n) is 7.43. The molecule has 0 aliphatic rings. The first-order valence-electron chi connectivity index (χ1n) is 19.2. The molecule has 1 aromatic heterocycles. The Hall–Kier alpha value is -4.15. The van der Waals surface area contributed by atoms with E-state index in [2.05, 4.69) is 219 Å². The van der Waals surface area contributed by atoms with Crippen LogP contribution in [0.2, 0.25) is 0 Å². The predicted molar refractivity (Wildman–Crippen MR) is 233 cm³/mol. The summed E-state index contributed by atoms with van der Waals surface area (Å²) >= 11 is 4.25. The molecule has 0 unspecified atom stereocenters. The summed E-state index contributed by atoms with van der Waals surface area (Å²) in [5, 5.41) is 0. The number of anilines is 3. The van der Waals surface area contributed by atoms with Gasteiger partial charge >= 0.3 is 0 Å². The fourth-order valence-corrected chi connectivity index (χ4v) is 8.05. The minimum atomic E-state index is -0.0806. The fraction of sp³-hybridized carbons (Fsp3) is 0.367. The van der Waals surface area contributed by atoms with Crippen LogP contribution in [0.25, 0.3) is 28.1 Å². The quantitative estimate of drug-likeness (QED) is 0.161. The van der Waals surface area contributed by atoms with Crippen molar-refractivity contribution in [2.75, 3.05) is 4.90 Å². The second-order valence-electron chi connectivity index (χ2n) is 18.4. The summed E-state index contributed by atoms with van der Waals surface area (Å²) in [6.07, 6.45) is 0. The summed E-state index contributed by atoms with van der Waals surface area (Å²) in [5.41, 5.74) is 14.3. The Kier molecular flexibility index (Phi) is 10.4. The van der Waals surface area contributed by atoms with Gasteiger partial charge in [0.1, 0.15) is 5.82 Å². The van der Waals surface area contributed by atoms with E-state index in [0.717, 1.165) is 44.1 Å². The van der Waals surface area contributed by atoms with Gasteiger partial charge in [0.15, 0.2) is 0 Å². The number of imidazole rings is 1. The van der Waals surface area contributed by atoms with Gasteiger partial charge in [0, 0.05) is 16.9 Å². The lowest BCUT2D eigenvalue weighted by molar-refractivity contribution is 0.590. The first-order valence-corrected chi connectivity index (χ1v) is 20.0. The number of halogens is 1. The molecular weight excluding hydrogens is 710 g/mol. The van der Waals surface area contributed by atoms with Gasteiger partial charge in [0.05, 0.1) is 26.9 Å². The second kappa shape index (κ2) is 14.3. The van der Waals surface area contributed by atoms with E-state index in [1.807, 2.05) is 0 Å². The minimum Gasteiger partial charge on any atom is -0.309 e. The number of rotatable bonds is 7. The third-order valence-corrected chi connectivity index (χ3v) is 11.3. The molecule has 1 heterocycles. The number of hydrogen-bond donors (Lipinski definition) is 0. The predicted octanol–water partition coefficient (Wildman–Crippen LogP) is 15.1. The Bertz CT molecular complexity index is 2150. The monoisotopic (exact) mass is 767 g/mol. The second-order valence-corrected chi connectivity index (χ2v) is 19.1. The van der Waals surface area contributed by atoms with Crippen LogP contribution in [0.5, 0.6) is 0 Å². The van der Waals surface area contributed by atoms with E-state index in [0.29, 0.717) is 11.8 Å². The van der Waals surface area contributed by atoms with E-state index >= 15 is 0 Å². The molecule has 6 rings (SSSR count). The van der Waals surface area contributed by atoms with Crippen molar-refractivity contribution in [3.63, 3.8) is 0 Å². The number of para-hydroxylation sites is 1. The molecule has 6 aromatic rings. The van der Waals surface area contributed by atoms with Crippen molar-refractivity contribution in [2.45, 2.75) is 118 Å². The van der Waals surface area contributed by atoms with Crippen molar-refractivity contribution in [3.8, 4) is 17.1 Å². The molecule has 0 radical (unpaired) electrons. The van der Waals surface area contributed by atoms with Crippen LogP contribution in [-0.2, 0) is 16.2 Å². The largest absolute Gasteiger partial charge is 0.309 e. The summed E-state index contributed by atoms with van der Waals surface area (Å²) in [4.78, 5) is 8.02. The Morgan fingerprint density at radius 3 is 1.49 bits per heavy atom. The van der Waals surface area contributed by atoms with Gasteiger partial charge in [0.25, 0.3) is 0 Å². The number of nitrogens with zero attached hydrogens (tertiary/aromatic N) is 3. The van der Waals surface area contributed by atoms with E-state index in [4.69, 9.17) is 4.98 Å². The maximum absolute atomic E-state index is 5.64. The van der Waals surface area contributed by atoms with Gasteiger partial charge in [-0.3, -0.25) is 4.57 Å². The van der Waals surface area contributed by atoms with Crippen molar-refractivity contribution in [2.24, 2.45) is 0 Å². The highest BCUT2D eigenvalue weighted by Gasteiger charge is 2.28. The third kappa shape index (κ3) is 7.49. The first kappa shape index (κ1) is 38.6. The van der Waals surface area contributed by atoms with Crippen LogP contribution in [0.15, 0.2) is 108 Å². The van der Waals surface area contributed by atoms with Crippen LogP contribution in [0.3, 0.4) is 0 Å². The topological polar surface area (TPSA) is 21.1 Å². The average molecular weight is 769 g/mol. The summed E-state index contributed by atoms with van der Waals surface area (Å²) in [7, 11) is 0. The molecule has 0 aliphatic carbocycles. The summed E-state index contributed by atoms with van der Waals surface area (Å²) in [5.74, 6) is 1.64. The van der Waals surface area contributed by atoms with Crippen LogP contribution in [-0.4, -0.2) is 9.55 Å². The molecule has 0 fully saturated rings. The molecule has 53 heavy (non-hydrogen) atoms. The summed E-state index contributed by atoms with van der Waals surface area (Å²) in [6, 6.07) is 38.3. The molecule has 0 atom stereocenters. The highest BCUT2D eigenvalue weighted by molar-refractivity contribution is 9.10. The van der Waals surface area contributed by atoms with Crippen molar-refractivity contribution in [3.05, 3.63) is 135 Å². The smallest absolute Gasteiger partial charge is 0.146 e. The van der Waals surface area contributed by atoms with Crippen LogP contribution >= 0.6 is 15.9 Å². The molecule has 3 nitrogen and oxygen atoms in total. The van der Waals surface area contributed by atoms with Gasteiger partial charge in [-0.2, -0.15) is 0 Å². The van der Waals surface area contributed by atoms with E-state index in [-0.39, 0.29) is 16.2 Å². The van der Waals surface area contributed by atoms with E-state index in [1.165, 1.54) is 33.4 Å². The van der Waals surface area contributed by atoms with Gasteiger partial charge in [0.2, 0.25) is 0 Å². The third-order valence-electron chi connectivity index (χ3n) is 10.5. The minimum absolute atomic E-state index is 0.0596. The van der Waals surface area contributed by atoms with Crippen molar-refractivity contribution >= 4 is 44.0 Å². The van der Waals surface area contributed by atoms with Crippen molar-refractivity contribution in [1.82, 2.24) is 9.55 Å². The van der Waals surface area contributed by atoms with Crippen LogP contribution < -0.4 is 4.90 Å². The standard InChI is InChI=1S/C49H58BrN3/c1-31(2)37-17-14-18-38(32(3)4)43(37)46-51-45-39(49(11,12)13)19-15-22-42(45)53(46)41-21-16-20-40(44(41)50)52(35-27-23-33(24-28-35)47(5,6)7)36-29-25-34(26-30-36)48(8,9)10/h14-32H,1-13H3. The average Bonchev–Trinajstić information content (AvgIpc) is 3.47. The summed E-state index contributed by atoms with van der Waals surface area (Å²) in [6.45, 7) is 29.6. The van der Waals surface area contributed by atoms with E-state index < -0.39 is 0 Å². The van der Waals surface area contributed by atoms with Crippen molar-refractivity contribution < 1.29 is 0 Å². The normalized spacial score (nSPS) is 12.7. The molecule has 0 N–H and O–H groups in total. The molecule has 0 amide bonds.